The summed E-state index contributed by atoms with van der Waals surface area (Å²) in [6, 6.07) is 10.5. The lowest BCUT2D eigenvalue weighted by molar-refractivity contribution is 0.797. The summed E-state index contributed by atoms with van der Waals surface area (Å²) in [7, 11) is 4.00. The average molecular weight is 331 g/mol. The van der Waals surface area contributed by atoms with Gasteiger partial charge in [0.25, 0.3) is 0 Å². The van der Waals surface area contributed by atoms with Crippen LogP contribution < -0.4 is 15.5 Å². The second-order valence-corrected chi connectivity index (χ2v) is 6.21. The fourth-order valence-electron chi connectivity index (χ4n) is 2.05. The van der Waals surface area contributed by atoms with Crippen molar-refractivity contribution < 1.29 is 0 Å². The molecular formula is C17H25N5S. The Morgan fingerprint density at radius 3 is 2.65 bits per heavy atom. The van der Waals surface area contributed by atoms with Gasteiger partial charge in [0.05, 0.1) is 12.2 Å². The molecule has 124 valence electrons. The Balaban J connectivity index is 1.86. The number of rotatable bonds is 7. The molecule has 1 aromatic carbocycles. The van der Waals surface area contributed by atoms with Gasteiger partial charge < -0.3 is 15.5 Å². The average Bonchev–Trinajstić information content (AvgIpc) is 3.03. The fraction of sp³-hybridized carbons (Fsp3) is 0.412. The molecule has 0 aliphatic carbocycles. The number of hydrogen-bond donors (Lipinski definition) is 2. The van der Waals surface area contributed by atoms with Crippen molar-refractivity contribution in [2.75, 3.05) is 32.1 Å². The van der Waals surface area contributed by atoms with E-state index >= 15 is 0 Å². The van der Waals surface area contributed by atoms with Crippen LogP contribution in [0, 0.1) is 0 Å². The summed E-state index contributed by atoms with van der Waals surface area (Å²) in [5.74, 6) is 0.836. The number of benzene rings is 1. The Labute approximate surface area is 142 Å². The zero-order valence-electron chi connectivity index (χ0n) is 14.0. The van der Waals surface area contributed by atoms with Crippen molar-refractivity contribution in [3.8, 4) is 0 Å². The normalized spacial score (nSPS) is 11.3. The van der Waals surface area contributed by atoms with Gasteiger partial charge >= 0.3 is 0 Å². The van der Waals surface area contributed by atoms with Crippen LogP contribution in [0.4, 0.5) is 5.13 Å². The molecule has 0 aliphatic heterocycles. The third-order valence-corrected chi connectivity index (χ3v) is 4.27. The number of aromatic nitrogens is 1. The van der Waals surface area contributed by atoms with Crippen molar-refractivity contribution >= 4 is 22.4 Å². The van der Waals surface area contributed by atoms with Gasteiger partial charge in [0.1, 0.15) is 0 Å². The van der Waals surface area contributed by atoms with E-state index in [4.69, 9.17) is 0 Å². The maximum Gasteiger partial charge on any atom is 0.191 e. The lowest BCUT2D eigenvalue weighted by Crippen LogP contribution is -2.38. The van der Waals surface area contributed by atoms with Crippen molar-refractivity contribution in [3.05, 3.63) is 47.0 Å². The van der Waals surface area contributed by atoms with E-state index in [9.17, 15) is 0 Å². The van der Waals surface area contributed by atoms with E-state index in [1.807, 2.05) is 25.1 Å². The van der Waals surface area contributed by atoms with Crippen LogP contribution in [0.1, 0.15) is 18.2 Å². The van der Waals surface area contributed by atoms with Crippen LogP contribution in [0.3, 0.4) is 0 Å². The van der Waals surface area contributed by atoms with Gasteiger partial charge in [-0.2, -0.15) is 0 Å². The van der Waals surface area contributed by atoms with Gasteiger partial charge in [0.15, 0.2) is 11.1 Å². The number of aliphatic imine (C=N–C) groups is 1. The molecule has 0 atom stereocenters. The van der Waals surface area contributed by atoms with Crippen LogP contribution in [0.25, 0.3) is 0 Å². The molecule has 0 amide bonds. The Morgan fingerprint density at radius 1 is 1.22 bits per heavy atom. The molecule has 1 heterocycles. The summed E-state index contributed by atoms with van der Waals surface area (Å²) in [4.78, 5) is 11.2. The molecule has 5 nitrogen and oxygen atoms in total. The van der Waals surface area contributed by atoms with Crippen LogP contribution in [0.2, 0.25) is 0 Å². The van der Waals surface area contributed by atoms with Crippen LogP contribution in [-0.4, -0.2) is 38.1 Å². The molecule has 0 spiro atoms. The van der Waals surface area contributed by atoms with Gasteiger partial charge in [-0.15, -0.1) is 11.3 Å². The van der Waals surface area contributed by atoms with Gasteiger partial charge in [0.2, 0.25) is 0 Å². The monoisotopic (exact) mass is 331 g/mol. The summed E-state index contributed by atoms with van der Waals surface area (Å²) in [6.07, 6.45) is 0.979. The summed E-state index contributed by atoms with van der Waals surface area (Å²) >= 11 is 1.64. The third kappa shape index (κ3) is 5.90. The number of nitrogens with zero attached hydrogens (tertiary/aromatic N) is 3. The topological polar surface area (TPSA) is 52.6 Å². The maximum atomic E-state index is 4.61. The maximum absolute atomic E-state index is 4.61. The summed E-state index contributed by atoms with van der Waals surface area (Å²) in [5, 5.41) is 9.72. The predicted molar refractivity (Wildman–Crippen MR) is 99.4 cm³/mol. The molecule has 0 bridgehead atoms. The standard InChI is InChI=1S/C17H25N5S/c1-4-18-16(19-11-10-14-8-6-5-7-9-14)20-12-15-13-23-17(21-15)22(2)3/h5-9,13H,4,10-12H2,1-3H3,(H2,18,19,20). The molecule has 0 radical (unpaired) electrons. The fourth-order valence-corrected chi connectivity index (χ4v) is 2.80. The Kier molecular flexibility index (Phi) is 6.87. The Bertz CT molecular complexity index is 606. The van der Waals surface area contributed by atoms with Gasteiger partial charge in [-0.3, -0.25) is 0 Å². The molecule has 0 saturated carbocycles. The molecule has 2 rings (SSSR count). The molecule has 1 aromatic heterocycles. The van der Waals surface area contributed by atoms with E-state index in [-0.39, 0.29) is 0 Å². The number of guanidine groups is 1. The van der Waals surface area contributed by atoms with Crippen LogP contribution in [0.15, 0.2) is 40.7 Å². The number of nitrogens with one attached hydrogen (secondary N) is 2. The zero-order chi connectivity index (χ0) is 16.5. The Hall–Kier alpha value is -2.08. The van der Waals surface area contributed by atoms with Gasteiger partial charge in [0, 0.05) is 32.6 Å². The molecule has 0 fully saturated rings. The van der Waals surface area contributed by atoms with E-state index in [2.05, 4.69) is 57.2 Å². The van der Waals surface area contributed by atoms with Gasteiger partial charge in [-0.05, 0) is 18.9 Å². The highest BCUT2D eigenvalue weighted by molar-refractivity contribution is 7.13. The molecule has 2 N–H and O–H groups in total. The lowest BCUT2D eigenvalue weighted by atomic mass is 10.1. The minimum absolute atomic E-state index is 0.588. The SMILES string of the molecule is CCNC(=NCc1csc(N(C)C)n1)NCCc1ccccc1. The molecular weight excluding hydrogens is 306 g/mol. The van der Waals surface area contributed by atoms with Crippen molar-refractivity contribution in [2.24, 2.45) is 4.99 Å². The van der Waals surface area contributed by atoms with E-state index in [1.54, 1.807) is 11.3 Å². The number of hydrogen-bond acceptors (Lipinski definition) is 4. The minimum atomic E-state index is 0.588. The highest BCUT2D eigenvalue weighted by atomic mass is 32.1. The van der Waals surface area contributed by atoms with Crippen LogP contribution >= 0.6 is 11.3 Å². The summed E-state index contributed by atoms with van der Waals surface area (Å²) in [5.41, 5.74) is 2.32. The molecule has 2 aromatic rings. The first kappa shape index (κ1) is 17.3. The lowest BCUT2D eigenvalue weighted by Gasteiger charge is -2.11. The highest BCUT2D eigenvalue weighted by Gasteiger charge is 2.04. The first-order valence-electron chi connectivity index (χ1n) is 7.87. The smallest absolute Gasteiger partial charge is 0.191 e. The third-order valence-electron chi connectivity index (χ3n) is 3.21. The quantitative estimate of drug-likeness (QED) is 0.605. The molecule has 0 unspecified atom stereocenters. The molecule has 0 saturated heterocycles. The first-order valence-corrected chi connectivity index (χ1v) is 8.75. The van der Waals surface area contributed by atoms with Crippen LogP contribution in [0.5, 0.6) is 0 Å². The second-order valence-electron chi connectivity index (χ2n) is 5.37. The van der Waals surface area contributed by atoms with E-state index in [0.717, 1.165) is 36.3 Å². The zero-order valence-corrected chi connectivity index (χ0v) is 14.9. The van der Waals surface area contributed by atoms with Crippen molar-refractivity contribution in [3.63, 3.8) is 0 Å². The van der Waals surface area contributed by atoms with E-state index < -0.39 is 0 Å². The van der Waals surface area contributed by atoms with Crippen molar-refractivity contribution in [1.82, 2.24) is 15.6 Å². The predicted octanol–water partition coefficient (Wildman–Crippen LogP) is 2.51. The molecule has 23 heavy (non-hydrogen) atoms. The van der Waals surface area contributed by atoms with E-state index in [1.165, 1.54) is 5.56 Å². The van der Waals surface area contributed by atoms with Crippen LogP contribution in [-0.2, 0) is 13.0 Å². The molecule has 6 heteroatoms. The van der Waals surface area contributed by atoms with Crippen molar-refractivity contribution in [2.45, 2.75) is 19.9 Å². The Morgan fingerprint density at radius 2 is 2.00 bits per heavy atom. The second kappa shape index (κ2) is 9.15. The molecule has 0 aliphatic rings. The van der Waals surface area contributed by atoms with Gasteiger partial charge in [-0.1, -0.05) is 30.3 Å². The first-order chi connectivity index (χ1) is 11.2. The highest BCUT2D eigenvalue weighted by Crippen LogP contribution is 2.18. The largest absolute Gasteiger partial charge is 0.357 e. The van der Waals surface area contributed by atoms with Gasteiger partial charge in [-0.25, -0.2) is 9.98 Å². The minimum Gasteiger partial charge on any atom is -0.357 e. The number of thiazole rings is 1. The van der Waals surface area contributed by atoms with Crippen molar-refractivity contribution in [1.29, 1.82) is 0 Å². The number of anilines is 1. The summed E-state index contributed by atoms with van der Waals surface area (Å²) in [6.45, 7) is 4.36. The summed E-state index contributed by atoms with van der Waals surface area (Å²) < 4.78 is 0. The van der Waals surface area contributed by atoms with E-state index in [0.29, 0.717) is 6.54 Å².